The topological polar surface area (TPSA) is 54.4 Å². The molecular formula is C13H12O3S2. The summed E-state index contributed by atoms with van der Waals surface area (Å²) in [6, 6.07) is 8.09. The fourth-order valence-electron chi connectivity index (χ4n) is 1.60. The summed E-state index contributed by atoms with van der Waals surface area (Å²) in [6.07, 6.45) is 5.15. The van der Waals surface area contributed by atoms with Crippen molar-refractivity contribution in [1.29, 1.82) is 0 Å². The zero-order chi connectivity index (χ0) is 13.2. The van der Waals surface area contributed by atoms with Crippen LogP contribution in [-0.4, -0.2) is 13.5 Å². The molecule has 0 atom stereocenters. The number of hydrogen-bond donors (Lipinski definition) is 2. The first-order chi connectivity index (χ1) is 8.53. The molecule has 0 fully saturated rings. The van der Waals surface area contributed by atoms with Gasteiger partial charge in [0.1, 0.15) is 5.76 Å². The molecule has 0 spiro atoms. The van der Waals surface area contributed by atoms with Crippen molar-refractivity contribution in [2.75, 3.05) is 0 Å². The second-order valence-corrected chi connectivity index (χ2v) is 6.12. The van der Waals surface area contributed by atoms with Gasteiger partial charge < -0.3 is 5.11 Å². The summed E-state index contributed by atoms with van der Waals surface area (Å²) < 4.78 is 24.8. The molecule has 0 heterocycles. The minimum Gasteiger partial charge on any atom is -0.507 e. The van der Waals surface area contributed by atoms with E-state index >= 15 is 0 Å². The van der Waals surface area contributed by atoms with Crippen molar-refractivity contribution in [3.8, 4) is 0 Å². The number of aliphatic hydroxyl groups excluding tert-OH is 1. The summed E-state index contributed by atoms with van der Waals surface area (Å²) in [6.45, 7) is 0. The standard InChI is InChI=1S/C13H12O3S2/c14-11-8-4-5-9-12(13(11)17)18(15,16)10-6-2-1-3-7-10/h1-3,5-9,14,17H,4H2. The molecule has 1 N–H and O–H groups in total. The maximum absolute atomic E-state index is 12.4. The molecule has 0 aromatic heterocycles. The van der Waals surface area contributed by atoms with Gasteiger partial charge in [-0.1, -0.05) is 24.3 Å². The highest BCUT2D eigenvalue weighted by Gasteiger charge is 2.23. The summed E-state index contributed by atoms with van der Waals surface area (Å²) >= 11 is 4.09. The molecule has 1 aromatic rings. The van der Waals surface area contributed by atoms with Crippen LogP contribution in [0.3, 0.4) is 0 Å². The van der Waals surface area contributed by atoms with Crippen molar-refractivity contribution in [2.45, 2.75) is 11.3 Å². The molecule has 1 aliphatic carbocycles. The van der Waals surface area contributed by atoms with E-state index in [1.165, 1.54) is 24.3 Å². The van der Waals surface area contributed by atoms with Gasteiger partial charge in [0, 0.05) is 0 Å². The Hall–Kier alpha value is -1.46. The Morgan fingerprint density at radius 1 is 1.17 bits per heavy atom. The van der Waals surface area contributed by atoms with Gasteiger partial charge in [-0.3, -0.25) is 0 Å². The van der Waals surface area contributed by atoms with Crippen molar-refractivity contribution in [3.05, 3.63) is 64.1 Å². The van der Waals surface area contributed by atoms with E-state index in [1.807, 2.05) is 0 Å². The maximum Gasteiger partial charge on any atom is 0.207 e. The lowest BCUT2D eigenvalue weighted by atomic mass is 10.4. The molecule has 0 unspecified atom stereocenters. The Morgan fingerprint density at radius 3 is 2.50 bits per heavy atom. The highest BCUT2D eigenvalue weighted by atomic mass is 32.2. The number of rotatable bonds is 2. The van der Waals surface area contributed by atoms with E-state index in [0.717, 1.165) is 0 Å². The fraction of sp³-hybridized carbons (Fsp3) is 0.0769. The number of aliphatic hydroxyl groups is 1. The fourth-order valence-corrected chi connectivity index (χ4v) is 3.53. The molecule has 0 saturated heterocycles. The lowest BCUT2D eigenvalue weighted by molar-refractivity contribution is 0.428. The predicted molar refractivity (Wildman–Crippen MR) is 74.1 cm³/mol. The molecule has 5 heteroatoms. The number of benzene rings is 1. The van der Waals surface area contributed by atoms with Crippen molar-refractivity contribution in [1.82, 2.24) is 0 Å². The molecule has 0 saturated carbocycles. The van der Waals surface area contributed by atoms with E-state index < -0.39 is 9.84 Å². The molecule has 0 bridgehead atoms. The van der Waals surface area contributed by atoms with Gasteiger partial charge in [0.15, 0.2) is 0 Å². The summed E-state index contributed by atoms with van der Waals surface area (Å²) in [4.78, 5) is 0.279. The average Bonchev–Trinajstić information content (AvgIpc) is 2.54. The molecule has 0 amide bonds. The molecule has 1 aliphatic rings. The number of sulfone groups is 1. The molecule has 18 heavy (non-hydrogen) atoms. The van der Waals surface area contributed by atoms with Crippen LogP contribution in [0.4, 0.5) is 0 Å². The summed E-state index contributed by atoms with van der Waals surface area (Å²) in [5, 5.41) is 9.66. The minimum absolute atomic E-state index is 0.0169. The average molecular weight is 280 g/mol. The molecule has 0 radical (unpaired) electrons. The van der Waals surface area contributed by atoms with Gasteiger partial charge >= 0.3 is 0 Å². The maximum atomic E-state index is 12.4. The van der Waals surface area contributed by atoms with Crippen molar-refractivity contribution < 1.29 is 13.5 Å². The molecule has 1 aromatic carbocycles. The van der Waals surface area contributed by atoms with Gasteiger partial charge in [-0.2, -0.15) is 0 Å². The normalized spacial score (nSPS) is 16.4. The van der Waals surface area contributed by atoms with Crippen molar-refractivity contribution in [3.63, 3.8) is 0 Å². The van der Waals surface area contributed by atoms with Gasteiger partial charge in [0.05, 0.1) is 14.7 Å². The first-order valence-electron chi connectivity index (χ1n) is 5.33. The second-order valence-electron chi connectivity index (χ2n) is 3.76. The van der Waals surface area contributed by atoms with E-state index in [-0.39, 0.29) is 20.5 Å². The number of allylic oxidation sites excluding steroid dienone is 3. The molecule has 3 nitrogen and oxygen atoms in total. The van der Waals surface area contributed by atoms with Gasteiger partial charge in [-0.25, -0.2) is 8.42 Å². The van der Waals surface area contributed by atoms with Gasteiger partial charge in [0.2, 0.25) is 9.84 Å². The van der Waals surface area contributed by atoms with Crippen LogP contribution in [0.15, 0.2) is 69.0 Å². The van der Waals surface area contributed by atoms with Crippen LogP contribution in [0.1, 0.15) is 6.42 Å². The van der Waals surface area contributed by atoms with Gasteiger partial charge in [-0.15, -0.1) is 12.6 Å². The van der Waals surface area contributed by atoms with Crippen LogP contribution in [0.2, 0.25) is 0 Å². The van der Waals surface area contributed by atoms with E-state index in [1.54, 1.807) is 24.3 Å². The first kappa shape index (κ1) is 13.0. The van der Waals surface area contributed by atoms with E-state index in [2.05, 4.69) is 12.6 Å². The largest absolute Gasteiger partial charge is 0.507 e. The van der Waals surface area contributed by atoms with E-state index in [4.69, 9.17) is 0 Å². The third-order valence-electron chi connectivity index (χ3n) is 2.54. The highest BCUT2D eigenvalue weighted by Crippen LogP contribution is 2.29. The zero-order valence-electron chi connectivity index (χ0n) is 9.45. The van der Waals surface area contributed by atoms with Crippen molar-refractivity contribution in [2.24, 2.45) is 0 Å². The lowest BCUT2D eigenvalue weighted by Crippen LogP contribution is -2.05. The van der Waals surface area contributed by atoms with E-state index in [0.29, 0.717) is 6.42 Å². The molecule has 0 aliphatic heterocycles. The third-order valence-corrected chi connectivity index (χ3v) is 4.97. The Morgan fingerprint density at radius 2 is 1.83 bits per heavy atom. The van der Waals surface area contributed by atoms with Crippen LogP contribution in [0.5, 0.6) is 0 Å². The predicted octanol–water partition coefficient (Wildman–Crippen LogP) is 3.00. The molecule has 94 valence electrons. The van der Waals surface area contributed by atoms with Gasteiger partial charge in [0.25, 0.3) is 0 Å². The quantitative estimate of drug-likeness (QED) is 0.819. The van der Waals surface area contributed by atoms with Crippen LogP contribution >= 0.6 is 12.6 Å². The Balaban J connectivity index is 2.61. The van der Waals surface area contributed by atoms with Crippen molar-refractivity contribution >= 4 is 22.5 Å². The first-order valence-corrected chi connectivity index (χ1v) is 7.26. The smallest absolute Gasteiger partial charge is 0.207 e. The minimum atomic E-state index is -3.65. The lowest BCUT2D eigenvalue weighted by Gasteiger charge is -2.08. The summed E-state index contributed by atoms with van der Waals surface area (Å²) in [5.74, 6) is -0.113. The SMILES string of the molecule is O=S(=O)(C1=C(S)C(O)=CCC=C1)c1ccccc1. The monoisotopic (exact) mass is 280 g/mol. The second kappa shape index (κ2) is 5.04. The Kier molecular flexibility index (Phi) is 3.63. The van der Waals surface area contributed by atoms with Crippen LogP contribution in [0, 0.1) is 0 Å². The van der Waals surface area contributed by atoms with Crippen LogP contribution in [0.25, 0.3) is 0 Å². The molecular weight excluding hydrogens is 268 g/mol. The summed E-state index contributed by atoms with van der Waals surface area (Å²) in [7, 11) is -3.65. The molecule has 2 rings (SSSR count). The van der Waals surface area contributed by atoms with Gasteiger partial charge in [-0.05, 0) is 30.7 Å². The van der Waals surface area contributed by atoms with Crippen LogP contribution in [-0.2, 0) is 9.84 Å². The van der Waals surface area contributed by atoms with Crippen LogP contribution < -0.4 is 0 Å². The number of hydrogen-bond acceptors (Lipinski definition) is 4. The Labute approximate surface area is 111 Å². The third kappa shape index (κ3) is 2.37. The Bertz CT molecular complexity index is 638. The van der Waals surface area contributed by atoms with E-state index in [9.17, 15) is 13.5 Å². The highest BCUT2D eigenvalue weighted by molar-refractivity contribution is 7.96. The summed E-state index contributed by atoms with van der Waals surface area (Å²) in [5.41, 5.74) is 0. The zero-order valence-corrected chi connectivity index (χ0v) is 11.2. The number of thiol groups is 1.